The molecule has 0 aliphatic heterocycles. The summed E-state index contributed by atoms with van der Waals surface area (Å²) >= 11 is 0. The van der Waals surface area contributed by atoms with E-state index in [0.29, 0.717) is 0 Å². The van der Waals surface area contributed by atoms with Crippen molar-refractivity contribution >= 4 is 0 Å². The predicted molar refractivity (Wildman–Crippen MR) is 35.3 cm³/mol. The standard InChI is InChI=1S/C7H14N/c1-8(2)6-7-4-3-5-7/h7H,1,3-6H2,2H3/q-1. The minimum atomic E-state index is 0.970. The van der Waals surface area contributed by atoms with Gasteiger partial charge in [0.1, 0.15) is 0 Å². The lowest BCUT2D eigenvalue weighted by atomic mass is 9.85. The van der Waals surface area contributed by atoms with E-state index in [9.17, 15) is 0 Å². The Labute approximate surface area is 51.7 Å². The molecule has 48 valence electrons. The molecule has 1 nitrogen and oxygen atoms in total. The monoisotopic (exact) mass is 112 g/mol. The van der Waals surface area contributed by atoms with Crippen LogP contribution in [0, 0.1) is 13.0 Å². The highest BCUT2D eigenvalue weighted by Crippen LogP contribution is 2.26. The smallest absolute Gasteiger partial charge is 0.0277 e. The SMILES string of the molecule is [CH2-]N(C)CC1CCC1. The fourth-order valence-corrected chi connectivity index (χ4v) is 1.12. The summed E-state index contributed by atoms with van der Waals surface area (Å²) in [6, 6.07) is 0. The van der Waals surface area contributed by atoms with Crippen molar-refractivity contribution in [3.8, 4) is 0 Å². The van der Waals surface area contributed by atoms with E-state index in [1.807, 2.05) is 11.9 Å². The van der Waals surface area contributed by atoms with Crippen LogP contribution < -0.4 is 0 Å². The summed E-state index contributed by atoms with van der Waals surface area (Å²) in [6.45, 7) is 1.19. The summed E-state index contributed by atoms with van der Waals surface area (Å²) < 4.78 is 0. The molecule has 1 fully saturated rings. The predicted octanol–water partition coefficient (Wildman–Crippen LogP) is 1.51. The number of nitrogens with zero attached hydrogens (tertiary/aromatic N) is 1. The average Bonchev–Trinajstić information content (AvgIpc) is 1.55. The van der Waals surface area contributed by atoms with Crippen LogP contribution in [0.3, 0.4) is 0 Å². The van der Waals surface area contributed by atoms with Crippen molar-refractivity contribution in [3.05, 3.63) is 7.05 Å². The Morgan fingerprint density at radius 2 is 2.25 bits per heavy atom. The first-order valence-electron chi connectivity index (χ1n) is 3.30. The van der Waals surface area contributed by atoms with Crippen molar-refractivity contribution in [2.24, 2.45) is 5.92 Å². The fraction of sp³-hybridized carbons (Fsp3) is 0.857. The van der Waals surface area contributed by atoms with Gasteiger partial charge in [-0.1, -0.05) is 6.42 Å². The summed E-state index contributed by atoms with van der Waals surface area (Å²) in [5, 5.41) is 0. The van der Waals surface area contributed by atoms with E-state index in [0.717, 1.165) is 5.92 Å². The summed E-state index contributed by atoms with van der Waals surface area (Å²) in [5.41, 5.74) is 0. The van der Waals surface area contributed by atoms with Gasteiger partial charge in [0.2, 0.25) is 0 Å². The Morgan fingerprint density at radius 3 is 2.38 bits per heavy atom. The summed E-state index contributed by atoms with van der Waals surface area (Å²) in [5.74, 6) is 0.970. The van der Waals surface area contributed by atoms with E-state index in [-0.39, 0.29) is 0 Å². The molecule has 0 unspecified atom stereocenters. The number of rotatable bonds is 2. The molecule has 0 amide bonds. The number of hydrogen-bond donors (Lipinski definition) is 0. The van der Waals surface area contributed by atoms with Gasteiger partial charge in [-0.3, -0.25) is 7.05 Å². The lowest BCUT2D eigenvalue weighted by Gasteiger charge is -2.31. The molecule has 0 atom stereocenters. The largest absolute Gasteiger partial charge is 0.462 e. The van der Waals surface area contributed by atoms with Crippen LogP contribution in [0.1, 0.15) is 19.3 Å². The van der Waals surface area contributed by atoms with Gasteiger partial charge in [0.25, 0.3) is 0 Å². The first kappa shape index (κ1) is 6.09. The highest BCUT2D eigenvalue weighted by molar-refractivity contribution is 4.71. The van der Waals surface area contributed by atoms with Gasteiger partial charge < -0.3 is 4.90 Å². The molecular weight excluding hydrogens is 98.1 g/mol. The van der Waals surface area contributed by atoms with Crippen LogP contribution in [0.25, 0.3) is 0 Å². The summed E-state index contributed by atoms with van der Waals surface area (Å²) in [7, 11) is 5.83. The molecule has 0 bridgehead atoms. The van der Waals surface area contributed by atoms with Crippen LogP contribution in [0.15, 0.2) is 0 Å². The summed E-state index contributed by atoms with van der Waals surface area (Å²) in [6.07, 6.45) is 4.30. The zero-order chi connectivity index (χ0) is 5.98. The zero-order valence-corrected chi connectivity index (χ0v) is 5.56. The van der Waals surface area contributed by atoms with Crippen LogP contribution in [0.2, 0.25) is 0 Å². The zero-order valence-electron chi connectivity index (χ0n) is 5.56. The molecule has 0 aromatic rings. The normalized spacial score (nSPS) is 21.4. The Bertz CT molecular complexity index is 64.8. The maximum absolute atomic E-state index is 3.79. The Balaban J connectivity index is 2.01. The van der Waals surface area contributed by atoms with E-state index in [1.165, 1.54) is 25.8 Å². The Morgan fingerprint density at radius 1 is 1.62 bits per heavy atom. The van der Waals surface area contributed by atoms with Gasteiger partial charge in [-0.25, -0.2) is 0 Å². The molecule has 0 N–H and O–H groups in total. The van der Waals surface area contributed by atoms with Crippen molar-refractivity contribution in [1.82, 2.24) is 4.90 Å². The second-order valence-corrected chi connectivity index (χ2v) is 2.84. The van der Waals surface area contributed by atoms with Gasteiger partial charge in [-0.15, -0.1) is 0 Å². The van der Waals surface area contributed by atoms with Crippen LogP contribution in [-0.2, 0) is 0 Å². The van der Waals surface area contributed by atoms with Gasteiger partial charge in [0, 0.05) is 0 Å². The Kier molecular flexibility index (Phi) is 1.90. The van der Waals surface area contributed by atoms with E-state index in [2.05, 4.69) is 7.05 Å². The summed E-state index contributed by atoms with van der Waals surface area (Å²) in [4.78, 5) is 2.03. The third-order valence-electron chi connectivity index (χ3n) is 1.79. The van der Waals surface area contributed by atoms with Crippen LogP contribution in [-0.4, -0.2) is 18.5 Å². The van der Waals surface area contributed by atoms with Crippen LogP contribution in [0.5, 0.6) is 0 Å². The minimum absolute atomic E-state index is 0.970. The van der Waals surface area contributed by atoms with Crippen molar-refractivity contribution in [2.75, 3.05) is 13.6 Å². The van der Waals surface area contributed by atoms with Gasteiger partial charge >= 0.3 is 0 Å². The van der Waals surface area contributed by atoms with Crippen LogP contribution >= 0.6 is 0 Å². The molecule has 0 aromatic heterocycles. The molecular formula is C7H14N-. The van der Waals surface area contributed by atoms with Gasteiger partial charge in [0.05, 0.1) is 0 Å². The second-order valence-electron chi connectivity index (χ2n) is 2.84. The lowest BCUT2D eigenvalue weighted by molar-refractivity contribution is 0.243. The third kappa shape index (κ3) is 1.48. The van der Waals surface area contributed by atoms with E-state index >= 15 is 0 Å². The van der Waals surface area contributed by atoms with Crippen molar-refractivity contribution in [2.45, 2.75) is 19.3 Å². The van der Waals surface area contributed by atoms with Gasteiger partial charge in [0.15, 0.2) is 0 Å². The molecule has 1 aliphatic rings. The molecule has 0 spiro atoms. The van der Waals surface area contributed by atoms with Crippen molar-refractivity contribution < 1.29 is 0 Å². The topological polar surface area (TPSA) is 3.24 Å². The maximum atomic E-state index is 3.79. The molecule has 1 aliphatic carbocycles. The van der Waals surface area contributed by atoms with Gasteiger partial charge in [-0.05, 0) is 32.4 Å². The molecule has 0 saturated heterocycles. The van der Waals surface area contributed by atoms with Gasteiger partial charge in [-0.2, -0.15) is 0 Å². The van der Waals surface area contributed by atoms with Crippen molar-refractivity contribution in [3.63, 3.8) is 0 Å². The minimum Gasteiger partial charge on any atom is -0.462 e. The number of hydrogen-bond acceptors (Lipinski definition) is 1. The molecule has 0 radical (unpaired) electrons. The van der Waals surface area contributed by atoms with Crippen molar-refractivity contribution in [1.29, 1.82) is 0 Å². The fourth-order valence-electron chi connectivity index (χ4n) is 1.12. The molecule has 1 rings (SSSR count). The van der Waals surface area contributed by atoms with Crippen LogP contribution in [0.4, 0.5) is 0 Å². The van der Waals surface area contributed by atoms with E-state index in [1.54, 1.807) is 0 Å². The average molecular weight is 112 g/mol. The molecule has 8 heavy (non-hydrogen) atoms. The lowest BCUT2D eigenvalue weighted by Crippen LogP contribution is -2.24. The first-order chi connectivity index (χ1) is 3.79. The Hall–Kier alpha value is -0.0400. The molecule has 0 aromatic carbocycles. The third-order valence-corrected chi connectivity index (χ3v) is 1.79. The quantitative estimate of drug-likeness (QED) is 0.489. The highest BCUT2D eigenvalue weighted by atomic mass is 15.1. The van der Waals surface area contributed by atoms with E-state index < -0.39 is 0 Å². The molecule has 1 heteroatoms. The highest BCUT2D eigenvalue weighted by Gasteiger charge is 2.15. The van der Waals surface area contributed by atoms with E-state index in [4.69, 9.17) is 0 Å². The first-order valence-corrected chi connectivity index (χ1v) is 3.30. The maximum Gasteiger partial charge on any atom is -0.0277 e. The molecule has 0 heterocycles. The second kappa shape index (κ2) is 2.49. The molecule has 1 saturated carbocycles.